The van der Waals surface area contributed by atoms with E-state index >= 15 is 0 Å². The minimum Gasteiger partial charge on any atom is -0.391 e. The fraction of sp³-hybridized carbons (Fsp3) is 0.370. The van der Waals surface area contributed by atoms with Gasteiger partial charge >= 0.3 is 0 Å². The topological polar surface area (TPSA) is 152 Å². The molecule has 1 heterocycles. The van der Waals surface area contributed by atoms with Gasteiger partial charge in [-0.25, -0.2) is 5.48 Å². The van der Waals surface area contributed by atoms with E-state index < -0.39 is 24.0 Å². The van der Waals surface area contributed by atoms with Crippen molar-refractivity contribution in [1.82, 2.24) is 21.4 Å². The average molecular weight is 508 g/mol. The van der Waals surface area contributed by atoms with E-state index in [2.05, 4.69) is 33.1 Å². The van der Waals surface area contributed by atoms with Crippen molar-refractivity contribution in [2.45, 2.75) is 31.9 Å². The molecule has 2 aromatic rings. The predicted molar refractivity (Wildman–Crippen MR) is 139 cm³/mol. The minimum absolute atomic E-state index is 0.0940. The largest absolute Gasteiger partial charge is 0.391 e. The molecule has 7 N–H and O–H groups in total. The van der Waals surface area contributed by atoms with Gasteiger partial charge in [0.2, 0.25) is 5.91 Å². The van der Waals surface area contributed by atoms with Gasteiger partial charge in [0.05, 0.1) is 12.6 Å². The predicted octanol–water partition coefficient (Wildman–Crippen LogP) is 0.599. The number of carbonyl (C=O) groups is 3. The standard InChI is InChI=1S/C27H33N5O5/c1-18(33)25(27(36)32-37)31-26(35)22-10-6-19(7-11-22)4-5-20-8-12-23(13-9-20)30-24(34)17-29-16-21-3-2-14-28-15-21/h6-13,18,21,25,28-29,33,37H,2-3,14-17H2,1H3,(H,30,34)(H,31,35)(H,32,36)/t18-,21?,25+/m1/s1. The summed E-state index contributed by atoms with van der Waals surface area (Å²) in [5.74, 6) is 5.03. The third kappa shape index (κ3) is 9.00. The van der Waals surface area contributed by atoms with E-state index in [-0.39, 0.29) is 18.0 Å². The Kier molecular flexibility index (Phi) is 10.6. The second-order valence-corrected chi connectivity index (χ2v) is 8.96. The molecule has 0 spiro atoms. The smallest absolute Gasteiger partial charge is 0.268 e. The van der Waals surface area contributed by atoms with Crippen LogP contribution >= 0.6 is 0 Å². The molecule has 0 aromatic heterocycles. The Morgan fingerprint density at radius 1 is 1.05 bits per heavy atom. The molecule has 10 nitrogen and oxygen atoms in total. The van der Waals surface area contributed by atoms with Crippen molar-refractivity contribution in [3.63, 3.8) is 0 Å². The summed E-state index contributed by atoms with van der Waals surface area (Å²) in [4.78, 5) is 36.1. The lowest BCUT2D eigenvalue weighted by Gasteiger charge is -2.22. The van der Waals surface area contributed by atoms with E-state index in [1.807, 2.05) is 12.1 Å². The summed E-state index contributed by atoms with van der Waals surface area (Å²) >= 11 is 0. The Bertz CT molecular complexity index is 1120. The molecular weight excluding hydrogens is 474 g/mol. The van der Waals surface area contributed by atoms with E-state index in [0.29, 0.717) is 17.2 Å². The normalized spacial score (nSPS) is 16.5. The van der Waals surface area contributed by atoms with Crippen LogP contribution in [-0.4, -0.2) is 66.4 Å². The number of aliphatic hydroxyl groups excluding tert-OH is 1. The molecule has 3 amide bonds. The van der Waals surface area contributed by atoms with Crippen LogP contribution in [0.15, 0.2) is 48.5 Å². The Morgan fingerprint density at radius 3 is 2.27 bits per heavy atom. The van der Waals surface area contributed by atoms with Gasteiger partial charge in [0.15, 0.2) is 0 Å². The average Bonchev–Trinajstić information content (AvgIpc) is 2.91. The van der Waals surface area contributed by atoms with E-state index in [9.17, 15) is 19.5 Å². The summed E-state index contributed by atoms with van der Waals surface area (Å²) in [6.07, 6.45) is 1.16. The molecule has 0 aliphatic carbocycles. The molecule has 1 aliphatic rings. The molecule has 2 aromatic carbocycles. The van der Waals surface area contributed by atoms with Crippen LogP contribution in [0.1, 0.15) is 41.3 Å². The molecule has 0 radical (unpaired) electrons. The van der Waals surface area contributed by atoms with Crippen molar-refractivity contribution < 1.29 is 24.7 Å². The van der Waals surface area contributed by atoms with Gasteiger partial charge in [0.1, 0.15) is 6.04 Å². The highest BCUT2D eigenvalue weighted by Crippen LogP contribution is 2.11. The minimum atomic E-state index is -1.29. The highest BCUT2D eigenvalue weighted by Gasteiger charge is 2.25. The van der Waals surface area contributed by atoms with Crippen LogP contribution < -0.4 is 26.7 Å². The van der Waals surface area contributed by atoms with Crippen LogP contribution in [0.25, 0.3) is 0 Å². The maximum absolute atomic E-state index is 12.4. The van der Waals surface area contributed by atoms with Crippen molar-refractivity contribution in [3.05, 3.63) is 65.2 Å². The van der Waals surface area contributed by atoms with Gasteiger partial charge in [-0.15, -0.1) is 0 Å². The quantitative estimate of drug-likeness (QED) is 0.149. The Balaban J connectivity index is 1.48. The fourth-order valence-electron chi connectivity index (χ4n) is 3.88. The first-order valence-corrected chi connectivity index (χ1v) is 12.2. The lowest BCUT2D eigenvalue weighted by atomic mass is 10.00. The van der Waals surface area contributed by atoms with Crippen molar-refractivity contribution in [2.24, 2.45) is 5.92 Å². The number of rotatable bonds is 9. The van der Waals surface area contributed by atoms with Crippen molar-refractivity contribution >= 4 is 23.4 Å². The van der Waals surface area contributed by atoms with Gasteiger partial charge < -0.3 is 26.4 Å². The molecular formula is C27H33N5O5. The van der Waals surface area contributed by atoms with Gasteiger partial charge in [-0.05, 0) is 93.8 Å². The number of hydrogen-bond acceptors (Lipinski definition) is 7. The molecule has 0 bridgehead atoms. The maximum atomic E-state index is 12.4. The molecule has 3 atom stereocenters. The molecule has 0 saturated carbocycles. The van der Waals surface area contributed by atoms with Crippen molar-refractivity contribution in [3.8, 4) is 11.8 Å². The maximum Gasteiger partial charge on any atom is 0.268 e. The molecule has 1 unspecified atom stereocenters. The molecule has 1 aliphatic heterocycles. The molecule has 1 fully saturated rings. The summed E-state index contributed by atoms with van der Waals surface area (Å²) in [6, 6.07) is 12.3. The van der Waals surface area contributed by atoms with E-state index in [1.165, 1.54) is 25.2 Å². The zero-order valence-corrected chi connectivity index (χ0v) is 20.7. The summed E-state index contributed by atoms with van der Waals surface area (Å²) < 4.78 is 0. The molecule has 3 rings (SSSR count). The summed E-state index contributed by atoms with van der Waals surface area (Å²) in [7, 11) is 0. The Morgan fingerprint density at radius 2 is 1.70 bits per heavy atom. The van der Waals surface area contributed by atoms with Crippen LogP contribution in [-0.2, 0) is 9.59 Å². The van der Waals surface area contributed by atoms with E-state index in [4.69, 9.17) is 5.21 Å². The van der Waals surface area contributed by atoms with Gasteiger partial charge in [-0.1, -0.05) is 11.8 Å². The Hall–Kier alpha value is -3.75. The monoisotopic (exact) mass is 507 g/mol. The Labute approximate surface area is 216 Å². The highest BCUT2D eigenvalue weighted by molar-refractivity contribution is 5.97. The number of nitrogens with one attached hydrogen (secondary N) is 5. The number of aliphatic hydroxyl groups is 1. The molecule has 196 valence electrons. The van der Waals surface area contributed by atoms with Gasteiger partial charge in [-0.3, -0.25) is 19.6 Å². The third-order valence-electron chi connectivity index (χ3n) is 5.95. The SMILES string of the molecule is C[C@@H](O)[C@H](NC(=O)c1ccc(C#Cc2ccc(NC(=O)CNCC3CCCNC3)cc2)cc1)C(=O)NO. The highest BCUT2D eigenvalue weighted by atomic mass is 16.5. The second-order valence-electron chi connectivity index (χ2n) is 8.96. The summed E-state index contributed by atoms with van der Waals surface area (Å²) in [5.41, 5.74) is 3.82. The van der Waals surface area contributed by atoms with E-state index in [0.717, 1.165) is 25.2 Å². The summed E-state index contributed by atoms with van der Waals surface area (Å²) in [6.45, 7) is 4.48. The van der Waals surface area contributed by atoms with E-state index in [1.54, 1.807) is 36.4 Å². The number of piperidine rings is 1. The number of anilines is 1. The van der Waals surface area contributed by atoms with Gasteiger partial charge in [-0.2, -0.15) is 0 Å². The zero-order chi connectivity index (χ0) is 26.6. The van der Waals surface area contributed by atoms with Crippen molar-refractivity contribution in [2.75, 3.05) is 31.5 Å². The number of carbonyl (C=O) groups excluding carboxylic acids is 3. The lowest BCUT2D eigenvalue weighted by molar-refractivity contribution is -0.133. The van der Waals surface area contributed by atoms with Crippen molar-refractivity contribution in [1.29, 1.82) is 0 Å². The zero-order valence-electron chi connectivity index (χ0n) is 20.7. The number of amides is 3. The van der Waals surface area contributed by atoms with Crippen LogP contribution in [0.2, 0.25) is 0 Å². The first-order valence-electron chi connectivity index (χ1n) is 12.2. The van der Waals surface area contributed by atoms with Crippen LogP contribution in [0, 0.1) is 17.8 Å². The summed E-state index contributed by atoms with van der Waals surface area (Å²) in [5, 5.41) is 30.2. The third-order valence-corrected chi connectivity index (χ3v) is 5.95. The first-order chi connectivity index (χ1) is 17.9. The number of benzene rings is 2. The van der Waals surface area contributed by atoms with Gasteiger partial charge in [0.25, 0.3) is 11.8 Å². The van der Waals surface area contributed by atoms with Crippen LogP contribution in [0.4, 0.5) is 5.69 Å². The van der Waals surface area contributed by atoms with Crippen LogP contribution in [0.5, 0.6) is 0 Å². The second kappa shape index (κ2) is 14.1. The van der Waals surface area contributed by atoms with Crippen LogP contribution in [0.3, 0.4) is 0 Å². The molecule has 37 heavy (non-hydrogen) atoms. The lowest BCUT2D eigenvalue weighted by Crippen LogP contribution is -2.51. The first kappa shape index (κ1) is 27.8. The fourth-order valence-corrected chi connectivity index (χ4v) is 3.88. The molecule has 1 saturated heterocycles. The number of hydroxylamine groups is 1. The number of hydrogen-bond donors (Lipinski definition) is 7. The molecule has 10 heteroatoms. The van der Waals surface area contributed by atoms with Gasteiger partial charge in [0, 0.05) is 22.4 Å².